The Morgan fingerprint density at radius 3 is 2.94 bits per heavy atom. The number of nitrogens with two attached hydrogens (primary N) is 1. The molecule has 0 radical (unpaired) electrons. The fourth-order valence-electron chi connectivity index (χ4n) is 1.46. The summed E-state index contributed by atoms with van der Waals surface area (Å²) in [7, 11) is 3.29. The average Bonchev–Trinajstić information content (AvgIpc) is 2.30. The Balaban J connectivity index is 2.67. The number of nitrogens with zero attached hydrogens (tertiary/aromatic N) is 1. The van der Waals surface area contributed by atoms with E-state index in [0.717, 1.165) is 18.0 Å². The number of hydrogen-bond donors (Lipinski definition) is 2. The summed E-state index contributed by atoms with van der Waals surface area (Å²) < 4.78 is 10.3. The van der Waals surface area contributed by atoms with Crippen molar-refractivity contribution in [2.45, 2.75) is 12.5 Å². The maximum Gasteiger partial charge on any atom is 0.169 e. The molecule has 3 N–H and O–H groups in total. The van der Waals surface area contributed by atoms with Gasteiger partial charge in [-0.05, 0) is 25.1 Å². The van der Waals surface area contributed by atoms with Gasteiger partial charge in [-0.25, -0.2) is 4.98 Å². The number of aromatic nitrogens is 1. The standard InChI is InChI=1S/C11H19N3O2/c1-15-8-9(5-6-12)14-11-10(16-2)4-3-7-13-11/h3-4,7,9H,5-6,8,12H2,1-2H3,(H,13,14). The van der Waals surface area contributed by atoms with Gasteiger partial charge in [0.05, 0.1) is 19.8 Å². The van der Waals surface area contributed by atoms with E-state index in [9.17, 15) is 0 Å². The summed E-state index contributed by atoms with van der Waals surface area (Å²) in [6.07, 6.45) is 2.55. The normalized spacial score (nSPS) is 12.2. The van der Waals surface area contributed by atoms with Crippen molar-refractivity contribution < 1.29 is 9.47 Å². The summed E-state index contributed by atoms with van der Waals surface area (Å²) in [5.74, 6) is 1.45. The molecule has 0 aliphatic carbocycles. The number of nitrogens with one attached hydrogen (secondary N) is 1. The van der Waals surface area contributed by atoms with Crippen molar-refractivity contribution in [1.29, 1.82) is 0 Å². The minimum atomic E-state index is 0.152. The van der Waals surface area contributed by atoms with E-state index in [2.05, 4.69) is 10.3 Å². The van der Waals surface area contributed by atoms with Gasteiger partial charge in [0.15, 0.2) is 11.6 Å². The van der Waals surface area contributed by atoms with Gasteiger partial charge in [0.2, 0.25) is 0 Å². The molecular formula is C11H19N3O2. The van der Waals surface area contributed by atoms with Crippen molar-refractivity contribution >= 4 is 5.82 Å². The predicted octanol–water partition coefficient (Wildman–Crippen LogP) is 0.866. The second kappa shape index (κ2) is 7.03. The van der Waals surface area contributed by atoms with Gasteiger partial charge in [-0.2, -0.15) is 0 Å². The number of hydrogen-bond acceptors (Lipinski definition) is 5. The molecule has 1 unspecified atom stereocenters. The Hall–Kier alpha value is -1.33. The smallest absolute Gasteiger partial charge is 0.169 e. The Kier molecular flexibility index (Phi) is 5.60. The molecule has 0 aromatic carbocycles. The van der Waals surface area contributed by atoms with Crippen LogP contribution in [-0.2, 0) is 4.74 Å². The van der Waals surface area contributed by atoms with Gasteiger partial charge < -0.3 is 20.5 Å². The third-order valence-electron chi connectivity index (χ3n) is 2.21. The van der Waals surface area contributed by atoms with Crippen LogP contribution < -0.4 is 15.8 Å². The first-order chi connectivity index (χ1) is 7.81. The van der Waals surface area contributed by atoms with E-state index in [4.69, 9.17) is 15.2 Å². The molecule has 0 aliphatic heterocycles. The number of pyridine rings is 1. The molecule has 0 amide bonds. The van der Waals surface area contributed by atoms with Crippen LogP contribution in [0.1, 0.15) is 6.42 Å². The van der Waals surface area contributed by atoms with Crippen molar-refractivity contribution in [2.75, 3.05) is 32.7 Å². The van der Waals surface area contributed by atoms with Crippen LogP contribution in [0.2, 0.25) is 0 Å². The highest BCUT2D eigenvalue weighted by molar-refractivity contribution is 5.50. The predicted molar refractivity (Wildman–Crippen MR) is 63.7 cm³/mol. The highest BCUT2D eigenvalue weighted by atomic mass is 16.5. The summed E-state index contributed by atoms with van der Waals surface area (Å²) in [6.45, 7) is 1.20. The minimum Gasteiger partial charge on any atom is -0.493 e. The van der Waals surface area contributed by atoms with Gasteiger partial charge in [-0.15, -0.1) is 0 Å². The second-order valence-corrected chi connectivity index (χ2v) is 3.43. The lowest BCUT2D eigenvalue weighted by Crippen LogP contribution is -2.28. The summed E-state index contributed by atoms with van der Waals surface area (Å²) in [5.41, 5.74) is 5.54. The second-order valence-electron chi connectivity index (χ2n) is 3.43. The third-order valence-corrected chi connectivity index (χ3v) is 2.21. The molecule has 16 heavy (non-hydrogen) atoms. The molecular weight excluding hydrogens is 206 g/mol. The average molecular weight is 225 g/mol. The van der Waals surface area contributed by atoms with Crippen molar-refractivity contribution in [3.8, 4) is 5.75 Å². The summed E-state index contributed by atoms with van der Waals surface area (Å²) >= 11 is 0. The van der Waals surface area contributed by atoms with E-state index in [1.54, 1.807) is 20.4 Å². The van der Waals surface area contributed by atoms with Gasteiger partial charge >= 0.3 is 0 Å². The SMILES string of the molecule is COCC(CCN)Nc1ncccc1OC. The number of anilines is 1. The monoisotopic (exact) mass is 225 g/mol. The fourth-order valence-corrected chi connectivity index (χ4v) is 1.46. The molecule has 0 saturated heterocycles. The molecule has 0 aliphatic rings. The van der Waals surface area contributed by atoms with Crippen molar-refractivity contribution in [2.24, 2.45) is 5.73 Å². The molecule has 1 aromatic heterocycles. The van der Waals surface area contributed by atoms with Crippen LogP contribution in [-0.4, -0.2) is 38.4 Å². The first-order valence-corrected chi connectivity index (χ1v) is 5.26. The zero-order valence-electron chi connectivity index (χ0n) is 9.77. The van der Waals surface area contributed by atoms with Gasteiger partial charge in [0.25, 0.3) is 0 Å². The Bertz CT molecular complexity index is 301. The lowest BCUT2D eigenvalue weighted by Gasteiger charge is -2.18. The van der Waals surface area contributed by atoms with Crippen molar-refractivity contribution in [1.82, 2.24) is 4.98 Å². The van der Waals surface area contributed by atoms with Crippen LogP contribution >= 0.6 is 0 Å². The Morgan fingerprint density at radius 1 is 1.50 bits per heavy atom. The highest BCUT2D eigenvalue weighted by Crippen LogP contribution is 2.21. The Labute approximate surface area is 96.0 Å². The van der Waals surface area contributed by atoms with Crippen molar-refractivity contribution in [3.05, 3.63) is 18.3 Å². The molecule has 1 aromatic rings. The molecule has 0 bridgehead atoms. The molecule has 0 fully saturated rings. The first-order valence-electron chi connectivity index (χ1n) is 5.26. The van der Waals surface area contributed by atoms with E-state index in [-0.39, 0.29) is 6.04 Å². The fraction of sp³-hybridized carbons (Fsp3) is 0.545. The maximum atomic E-state index is 5.54. The molecule has 1 atom stereocenters. The number of methoxy groups -OCH3 is 2. The number of ether oxygens (including phenoxy) is 2. The molecule has 1 heterocycles. The van der Waals surface area contributed by atoms with E-state index >= 15 is 0 Å². The molecule has 0 saturated carbocycles. The molecule has 1 rings (SSSR count). The Morgan fingerprint density at radius 2 is 2.31 bits per heavy atom. The molecule has 5 nitrogen and oxygen atoms in total. The quantitative estimate of drug-likeness (QED) is 0.720. The van der Waals surface area contributed by atoms with Crippen LogP contribution in [0.4, 0.5) is 5.82 Å². The van der Waals surface area contributed by atoms with Crippen LogP contribution in [0.5, 0.6) is 5.75 Å². The topological polar surface area (TPSA) is 69.4 Å². The summed E-state index contributed by atoms with van der Waals surface area (Å²) in [6, 6.07) is 3.85. The van der Waals surface area contributed by atoms with Crippen LogP contribution in [0.25, 0.3) is 0 Å². The van der Waals surface area contributed by atoms with Crippen LogP contribution in [0.3, 0.4) is 0 Å². The van der Waals surface area contributed by atoms with Gasteiger partial charge in [0.1, 0.15) is 0 Å². The van der Waals surface area contributed by atoms with Gasteiger partial charge in [-0.3, -0.25) is 0 Å². The largest absolute Gasteiger partial charge is 0.493 e. The highest BCUT2D eigenvalue weighted by Gasteiger charge is 2.10. The minimum absolute atomic E-state index is 0.152. The third kappa shape index (κ3) is 3.67. The zero-order valence-corrected chi connectivity index (χ0v) is 9.77. The van der Waals surface area contributed by atoms with Crippen LogP contribution in [0, 0.1) is 0 Å². The maximum absolute atomic E-state index is 5.54. The van der Waals surface area contributed by atoms with E-state index < -0.39 is 0 Å². The van der Waals surface area contributed by atoms with Gasteiger partial charge in [0, 0.05) is 13.3 Å². The molecule has 90 valence electrons. The molecule has 5 heteroatoms. The zero-order chi connectivity index (χ0) is 11.8. The van der Waals surface area contributed by atoms with E-state index in [0.29, 0.717) is 13.2 Å². The first kappa shape index (κ1) is 12.7. The van der Waals surface area contributed by atoms with Gasteiger partial charge in [-0.1, -0.05) is 0 Å². The van der Waals surface area contributed by atoms with E-state index in [1.807, 2.05) is 12.1 Å². The summed E-state index contributed by atoms with van der Waals surface area (Å²) in [5, 5.41) is 3.26. The lowest BCUT2D eigenvalue weighted by atomic mass is 10.2. The summed E-state index contributed by atoms with van der Waals surface area (Å²) in [4.78, 5) is 4.22. The van der Waals surface area contributed by atoms with Crippen LogP contribution in [0.15, 0.2) is 18.3 Å². The van der Waals surface area contributed by atoms with E-state index in [1.165, 1.54) is 0 Å². The molecule has 0 spiro atoms. The van der Waals surface area contributed by atoms with Crippen molar-refractivity contribution in [3.63, 3.8) is 0 Å². The number of rotatable bonds is 7. The lowest BCUT2D eigenvalue weighted by molar-refractivity contribution is 0.183.